The first kappa shape index (κ1) is 18.2. The predicted molar refractivity (Wildman–Crippen MR) is 91.8 cm³/mol. The number of hydrogen-bond acceptors (Lipinski definition) is 7. The zero-order valence-corrected chi connectivity index (χ0v) is 15.6. The van der Waals surface area contributed by atoms with Crippen molar-refractivity contribution in [2.75, 3.05) is 0 Å². The summed E-state index contributed by atoms with van der Waals surface area (Å²) in [5.41, 5.74) is -3.41. The Morgan fingerprint density at radius 1 is 1.07 bits per heavy atom. The van der Waals surface area contributed by atoms with Gasteiger partial charge in [0.1, 0.15) is 11.5 Å². The molecule has 6 fully saturated rings. The molecule has 6 rings (SSSR count). The van der Waals surface area contributed by atoms with Crippen LogP contribution in [-0.4, -0.2) is 61.7 Å². The Hall–Kier alpha value is -0.830. The van der Waals surface area contributed by atoms with E-state index in [1.807, 2.05) is 13.8 Å². The largest absolute Gasteiger partial charge is 0.392 e. The topological polar surface area (TPSA) is 127 Å². The van der Waals surface area contributed by atoms with Gasteiger partial charge in [-0.15, -0.1) is 0 Å². The van der Waals surface area contributed by atoms with E-state index >= 15 is 0 Å². The molecule has 4 saturated carbocycles. The first-order chi connectivity index (χ1) is 12.5. The molecule has 7 heteroatoms. The van der Waals surface area contributed by atoms with Gasteiger partial charge < -0.3 is 30.3 Å². The molecule has 2 saturated heterocycles. The molecule has 10 atom stereocenters. The third kappa shape index (κ3) is 1.52. The lowest BCUT2D eigenvalue weighted by molar-refractivity contribution is -0.507. The van der Waals surface area contributed by atoms with E-state index in [0.29, 0.717) is 25.7 Å². The van der Waals surface area contributed by atoms with E-state index in [1.165, 1.54) is 0 Å². The number of carbonyl (C=O) groups excluding carboxylic acids is 1. The fourth-order valence-corrected chi connectivity index (χ4v) is 7.96. The minimum Gasteiger partial charge on any atom is -0.392 e. The lowest BCUT2D eigenvalue weighted by Crippen LogP contribution is -2.87. The number of carbonyl (C=O) groups is 1. The van der Waals surface area contributed by atoms with Crippen LogP contribution in [0.25, 0.3) is 0 Å². The molecule has 0 aromatic heterocycles. The number of hydrogen-bond donors (Lipinski definition) is 5. The Bertz CT molecular complexity index is 749. The molecule has 0 aromatic rings. The van der Waals surface area contributed by atoms with Gasteiger partial charge in [-0.25, -0.2) is 0 Å². The van der Waals surface area contributed by atoms with Crippen molar-refractivity contribution in [2.45, 2.75) is 69.9 Å². The zero-order chi connectivity index (χ0) is 19.7. The second-order valence-corrected chi connectivity index (χ2v) is 10.0. The lowest BCUT2D eigenvalue weighted by atomic mass is 9.35. The van der Waals surface area contributed by atoms with Crippen molar-refractivity contribution in [3.8, 4) is 0 Å². The maximum atomic E-state index is 13.4. The van der Waals surface area contributed by atoms with Crippen LogP contribution >= 0.6 is 0 Å². The Balaban J connectivity index is 1.84. The van der Waals surface area contributed by atoms with Gasteiger partial charge in [-0.2, -0.15) is 0 Å². The van der Waals surface area contributed by atoms with Crippen molar-refractivity contribution in [2.24, 2.45) is 34.0 Å². The second kappa shape index (κ2) is 4.83. The van der Waals surface area contributed by atoms with Crippen LogP contribution in [0.4, 0.5) is 0 Å². The van der Waals surface area contributed by atoms with E-state index in [1.54, 1.807) is 0 Å². The molecule has 2 aliphatic heterocycles. The van der Waals surface area contributed by atoms with Crippen molar-refractivity contribution >= 4 is 5.78 Å². The van der Waals surface area contributed by atoms with Crippen molar-refractivity contribution in [1.29, 1.82) is 0 Å². The molecule has 2 spiro atoms. The number of aliphatic hydroxyl groups is 5. The Kier molecular flexibility index (Phi) is 3.26. The summed E-state index contributed by atoms with van der Waals surface area (Å²) in [5.74, 6) is -4.83. The molecule has 0 radical (unpaired) electrons. The Morgan fingerprint density at radius 3 is 2.41 bits per heavy atom. The minimum absolute atomic E-state index is 0.230. The fraction of sp³-hybridized carbons (Fsp3) is 0.850. The van der Waals surface area contributed by atoms with Crippen LogP contribution in [0.1, 0.15) is 39.5 Å². The van der Waals surface area contributed by atoms with E-state index in [4.69, 9.17) is 4.74 Å². The van der Waals surface area contributed by atoms with Gasteiger partial charge >= 0.3 is 0 Å². The highest BCUT2D eigenvalue weighted by Crippen LogP contribution is 2.77. The van der Waals surface area contributed by atoms with Crippen molar-refractivity contribution in [3.05, 3.63) is 12.2 Å². The summed E-state index contributed by atoms with van der Waals surface area (Å²) < 4.78 is 5.57. The Labute approximate surface area is 157 Å². The third-order valence-corrected chi connectivity index (χ3v) is 8.93. The highest BCUT2D eigenvalue weighted by molar-refractivity contribution is 6.05. The van der Waals surface area contributed by atoms with Crippen LogP contribution in [0, 0.1) is 34.0 Å². The first-order valence-electron chi connectivity index (χ1n) is 9.85. The van der Waals surface area contributed by atoms with Crippen LogP contribution in [0.2, 0.25) is 0 Å². The summed E-state index contributed by atoms with van der Waals surface area (Å²) in [7, 11) is 0. The predicted octanol–water partition coefficient (Wildman–Crippen LogP) is -0.306. The highest BCUT2D eigenvalue weighted by Gasteiger charge is 2.88. The molecule has 2 heterocycles. The van der Waals surface area contributed by atoms with Crippen LogP contribution in [-0.2, 0) is 9.53 Å². The molecular weight excluding hydrogens is 352 g/mol. The Morgan fingerprint density at radius 2 is 1.74 bits per heavy atom. The summed E-state index contributed by atoms with van der Waals surface area (Å²) in [6, 6.07) is 0. The molecular formula is C20H28O7. The van der Waals surface area contributed by atoms with Crippen LogP contribution < -0.4 is 0 Å². The molecule has 6 aliphatic rings. The maximum absolute atomic E-state index is 13.4. The number of ether oxygens (including phenoxy) is 1. The molecule has 7 nitrogen and oxygen atoms in total. The molecule has 27 heavy (non-hydrogen) atoms. The number of ketones is 1. The fourth-order valence-electron chi connectivity index (χ4n) is 7.96. The third-order valence-electron chi connectivity index (χ3n) is 8.93. The monoisotopic (exact) mass is 380 g/mol. The van der Waals surface area contributed by atoms with Gasteiger partial charge in [0, 0.05) is 11.8 Å². The summed E-state index contributed by atoms with van der Waals surface area (Å²) in [6.07, 6.45) is -3.43. The highest BCUT2D eigenvalue weighted by atomic mass is 16.7. The average Bonchev–Trinajstić information content (AvgIpc) is 2.70. The molecule has 0 amide bonds. The quantitative estimate of drug-likeness (QED) is 0.365. The summed E-state index contributed by atoms with van der Waals surface area (Å²) in [6.45, 7) is 7.72. The number of fused-ring (bicyclic) bond motifs is 2. The minimum atomic E-state index is -2.42. The molecule has 0 unspecified atom stereocenters. The van der Waals surface area contributed by atoms with Crippen LogP contribution in [0.5, 0.6) is 0 Å². The van der Waals surface area contributed by atoms with Gasteiger partial charge in [0.2, 0.25) is 5.79 Å². The van der Waals surface area contributed by atoms with Gasteiger partial charge in [0.05, 0.1) is 17.6 Å². The van der Waals surface area contributed by atoms with E-state index in [9.17, 15) is 30.3 Å². The number of rotatable bonds is 0. The molecule has 150 valence electrons. The van der Waals surface area contributed by atoms with Crippen LogP contribution in [0.3, 0.4) is 0 Å². The number of Topliss-reactive ketones (excluding diaryl/α,β-unsaturated/α-hetero) is 1. The molecule has 4 aliphatic carbocycles. The SMILES string of the molecule is C=C1C(=O)[C@]23[C@@H](O)[C@H]1CC[C@H]2[C@]12[C@H]([C@H](O)[C@@]3(O)O[C@@H]1O)C(C)(C)CC[C@@H]2O. The van der Waals surface area contributed by atoms with Crippen molar-refractivity contribution < 1.29 is 35.1 Å². The second-order valence-electron chi connectivity index (χ2n) is 10.0. The number of aliphatic hydroxyl groups excluding tert-OH is 4. The van der Waals surface area contributed by atoms with E-state index in [2.05, 4.69) is 6.58 Å². The zero-order valence-electron chi connectivity index (χ0n) is 15.6. The van der Waals surface area contributed by atoms with Gasteiger partial charge in [-0.05, 0) is 42.6 Å². The van der Waals surface area contributed by atoms with Gasteiger partial charge in [0.25, 0.3) is 0 Å². The molecule has 5 N–H and O–H groups in total. The standard InChI is InChI=1S/C20H28O7/c1-8-9-4-5-10-18-11(21)6-7-17(2,3)12(18)15(24)20(26,27-16(18)25)19(10,13(8)22)14(9)23/h9-12,14-16,21,23-26H,1,4-7H2,2-3H3/t9-,10-,11-,12+,14-,15-,16-,18-,19-,20+/m0/s1. The summed E-state index contributed by atoms with van der Waals surface area (Å²) >= 11 is 0. The van der Waals surface area contributed by atoms with Gasteiger partial charge in [-0.1, -0.05) is 20.4 Å². The van der Waals surface area contributed by atoms with Crippen molar-refractivity contribution in [1.82, 2.24) is 0 Å². The first-order valence-corrected chi connectivity index (χ1v) is 9.85. The van der Waals surface area contributed by atoms with E-state index in [0.717, 1.165) is 0 Å². The summed E-state index contributed by atoms with van der Waals surface area (Å²) in [5, 5.41) is 56.2. The smallest absolute Gasteiger partial charge is 0.211 e. The van der Waals surface area contributed by atoms with E-state index in [-0.39, 0.29) is 5.57 Å². The van der Waals surface area contributed by atoms with Gasteiger partial charge in [0.15, 0.2) is 12.1 Å². The average molecular weight is 380 g/mol. The summed E-state index contributed by atoms with van der Waals surface area (Å²) in [4.78, 5) is 13.4. The molecule has 4 bridgehead atoms. The van der Waals surface area contributed by atoms with Gasteiger partial charge in [-0.3, -0.25) is 4.79 Å². The van der Waals surface area contributed by atoms with Crippen molar-refractivity contribution in [3.63, 3.8) is 0 Å². The molecule has 0 aromatic carbocycles. The van der Waals surface area contributed by atoms with Crippen LogP contribution in [0.15, 0.2) is 12.2 Å². The maximum Gasteiger partial charge on any atom is 0.211 e. The lowest BCUT2D eigenvalue weighted by Gasteiger charge is -2.75. The van der Waals surface area contributed by atoms with E-state index < -0.39 is 70.2 Å². The normalized spacial score (nSPS) is 60.9.